The van der Waals surface area contributed by atoms with Crippen LogP contribution in [0.25, 0.3) is 0 Å². The monoisotopic (exact) mass is 388 g/mol. The van der Waals surface area contributed by atoms with Gasteiger partial charge in [0.05, 0.1) is 17.4 Å². The van der Waals surface area contributed by atoms with Crippen LogP contribution in [0.4, 0.5) is 5.69 Å². The lowest BCUT2D eigenvalue weighted by molar-refractivity contribution is -0.129. The van der Waals surface area contributed by atoms with E-state index in [1.54, 1.807) is 24.3 Å². The van der Waals surface area contributed by atoms with Crippen molar-refractivity contribution in [3.05, 3.63) is 54.1 Å². The van der Waals surface area contributed by atoms with Gasteiger partial charge in [-0.1, -0.05) is 24.6 Å². The fourth-order valence-corrected chi connectivity index (χ4v) is 4.44. The Kier molecular flexibility index (Phi) is 5.41. The highest BCUT2D eigenvalue weighted by atomic mass is 32.2. The number of anilines is 1. The van der Waals surface area contributed by atoms with Crippen LogP contribution in [0.1, 0.15) is 31.7 Å². The zero-order valence-electron chi connectivity index (χ0n) is 15.5. The van der Waals surface area contributed by atoms with Crippen LogP contribution in [0.5, 0.6) is 5.75 Å². The van der Waals surface area contributed by atoms with Crippen molar-refractivity contribution in [3.63, 3.8) is 0 Å². The van der Waals surface area contributed by atoms with Crippen LogP contribution in [0.3, 0.4) is 0 Å². The first-order valence-corrected chi connectivity index (χ1v) is 10.5. The molecule has 6 nitrogen and oxygen atoms in total. The van der Waals surface area contributed by atoms with Crippen molar-refractivity contribution in [1.29, 1.82) is 0 Å². The van der Waals surface area contributed by atoms with Crippen LogP contribution in [-0.2, 0) is 20.2 Å². The first-order valence-electron chi connectivity index (χ1n) is 8.97. The van der Waals surface area contributed by atoms with E-state index in [0.717, 1.165) is 24.8 Å². The van der Waals surface area contributed by atoms with E-state index in [2.05, 4.69) is 10.0 Å². The summed E-state index contributed by atoms with van der Waals surface area (Å²) in [5, 5.41) is 2.91. The smallest absolute Gasteiger partial charge is 0.262 e. The molecule has 1 amide bonds. The van der Waals surface area contributed by atoms with Gasteiger partial charge in [-0.05, 0) is 49.6 Å². The van der Waals surface area contributed by atoms with Gasteiger partial charge in [0.25, 0.3) is 10.0 Å². The third-order valence-corrected chi connectivity index (χ3v) is 6.40. The van der Waals surface area contributed by atoms with Crippen molar-refractivity contribution in [3.8, 4) is 5.75 Å². The maximum Gasteiger partial charge on any atom is 0.262 e. The molecule has 0 heterocycles. The number of ether oxygens (including phenoxy) is 1. The highest BCUT2D eigenvalue weighted by Gasteiger charge is 2.45. The summed E-state index contributed by atoms with van der Waals surface area (Å²) in [7, 11) is -2.23. The van der Waals surface area contributed by atoms with Crippen molar-refractivity contribution >= 4 is 21.6 Å². The molecule has 0 radical (unpaired) electrons. The van der Waals surface area contributed by atoms with Crippen LogP contribution in [0.2, 0.25) is 0 Å². The summed E-state index contributed by atoms with van der Waals surface area (Å²) in [6, 6.07) is 13.4. The average molecular weight is 388 g/mol. The minimum absolute atomic E-state index is 0.0426. The highest BCUT2D eigenvalue weighted by Crippen LogP contribution is 2.44. The molecule has 0 aromatic heterocycles. The summed E-state index contributed by atoms with van der Waals surface area (Å²) in [4.78, 5) is 12.6. The lowest BCUT2D eigenvalue weighted by Crippen LogP contribution is -2.49. The second kappa shape index (κ2) is 7.60. The zero-order valence-corrected chi connectivity index (χ0v) is 16.3. The fourth-order valence-electron chi connectivity index (χ4n) is 3.35. The molecule has 2 aromatic carbocycles. The fraction of sp³-hybridized carbons (Fsp3) is 0.350. The highest BCUT2D eigenvalue weighted by molar-refractivity contribution is 7.92. The van der Waals surface area contributed by atoms with Gasteiger partial charge in [-0.3, -0.25) is 9.52 Å². The number of amides is 1. The Bertz CT molecular complexity index is 919. The molecule has 144 valence electrons. The number of carbonyl (C=O) groups is 1. The van der Waals surface area contributed by atoms with E-state index in [9.17, 15) is 13.2 Å². The predicted octanol–water partition coefficient (Wildman–Crippen LogP) is 3.05. The molecule has 0 aliphatic heterocycles. The van der Waals surface area contributed by atoms with Gasteiger partial charge in [-0.25, -0.2) is 8.42 Å². The van der Waals surface area contributed by atoms with Crippen molar-refractivity contribution < 1.29 is 17.9 Å². The maximum atomic E-state index is 12.6. The average Bonchev–Trinajstić information content (AvgIpc) is 2.62. The minimum atomic E-state index is -3.72. The Labute approximate surface area is 160 Å². The molecule has 0 bridgehead atoms. The van der Waals surface area contributed by atoms with E-state index in [0.29, 0.717) is 18.0 Å². The number of rotatable bonds is 7. The first-order chi connectivity index (χ1) is 12.9. The zero-order chi connectivity index (χ0) is 19.5. The lowest BCUT2D eigenvalue weighted by Gasteiger charge is -2.40. The topological polar surface area (TPSA) is 84.5 Å². The summed E-state index contributed by atoms with van der Waals surface area (Å²) >= 11 is 0. The predicted molar refractivity (Wildman–Crippen MR) is 104 cm³/mol. The number of methoxy groups -OCH3 is 1. The molecule has 1 aliphatic carbocycles. The second-order valence-corrected chi connectivity index (χ2v) is 8.34. The molecule has 0 atom stereocenters. The number of hydrogen-bond donors (Lipinski definition) is 2. The number of sulfonamides is 1. The van der Waals surface area contributed by atoms with Gasteiger partial charge in [0, 0.05) is 18.3 Å². The number of carbonyl (C=O) groups excluding carboxylic acids is 1. The largest absolute Gasteiger partial charge is 0.497 e. The molecule has 1 saturated carbocycles. The lowest BCUT2D eigenvalue weighted by atomic mass is 9.64. The molecule has 1 fully saturated rings. The van der Waals surface area contributed by atoms with Crippen molar-refractivity contribution in [2.75, 3.05) is 18.4 Å². The van der Waals surface area contributed by atoms with Crippen molar-refractivity contribution in [2.24, 2.45) is 0 Å². The van der Waals surface area contributed by atoms with Crippen LogP contribution < -0.4 is 14.8 Å². The van der Waals surface area contributed by atoms with Gasteiger partial charge in [0.1, 0.15) is 5.75 Å². The molecule has 2 N–H and O–H groups in total. The maximum absolute atomic E-state index is 12.6. The normalized spacial score (nSPS) is 15.5. The Balaban J connectivity index is 1.80. The molecule has 7 heteroatoms. The summed E-state index contributed by atoms with van der Waals surface area (Å²) in [5.74, 6) is 0.517. The quantitative estimate of drug-likeness (QED) is 0.763. The molecule has 0 unspecified atom stereocenters. The molecule has 2 aromatic rings. The first kappa shape index (κ1) is 19.2. The number of likely N-dealkylation sites (N-methyl/N-ethyl adjacent to an activating group) is 1. The molecular formula is C20H24N2O4S. The van der Waals surface area contributed by atoms with Crippen LogP contribution in [-0.4, -0.2) is 28.0 Å². The Morgan fingerprint density at radius 1 is 1.15 bits per heavy atom. The van der Waals surface area contributed by atoms with E-state index in [-0.39, 0.29) is 10.8 Å². The van der Waals surface area contributed by atoms with E-state index in [1.165, 1.54) is 19.2 Å². The van der Waals surface area contributed by atoms with E-state index in [1.807, 2.05) is 19.1 Å². The van der Waals surface area contributed by atoms with Crippen LogP contribution in [0, 0.1) is 0 Å². The Morgan fingerprint density at radius 3 is 2.41 bits per heavy atom. The van der Waals surface area contributed by atoms with Crippen molar-refractivity contribution in [2.45, 2.75) is 36.5 Å². The van der Waals surface area contributed by atoms with Crippen LogP contribution in [0.15, 0.2) is 53.4 Å². The van der Waals surface area contributed by atoms with E-state index in [4.69, 9.17) is 4.74 Å². The Morgan fingerprint density at radius 2 is 1.85 bits per heavy atom. The second-order valence-electron chi connectivity index (χ2n) is 6.66. The van der Waals surface area contributed by atoms with Gasteiger partial charge in [-0.15, -0.1) is 0 Å². The standard InChI is InChI=1S/C20H24N2O4S/c1-3-21-19(23)20(12-5-13-20)15-8-10-16(11-9-15)22-27(24,25)18-7-4-6-17(14-18)26-2/h4,6-11,14,22H,3,5,12-13H2,1-2H3,(H,21,23). The SMILES string of the molecule is CCNC(=O)C1(c2ccc(NS(=O)(=O)c3cccc(OC)c3)cc2)CCC1. The van der Waals surface area contributed by atoms with Gasteiger partial charge < -0.3 is 10.1 Å². The van der Waals surface area contributed by atoms with E-state index < -0.39 is 15.4 Å². The Hall–Kier alpha value is -2.54. The molecule has 3 rings (SSSR count). The van der Waals surface area contributed by atoms with Crippen molar-refractivity contribution in [1.82, 2.24) is 5.32 Å². The van der Waals surface area contributed by atoms with Gasteiger partial charge in [0.2, 0.25) is 5.91 Å². The van der Waals surface area contributed by atoms with Gasteiger partial charge >= 0.3 is 0 Å². The van der Waals surface area contributed by atoms with Gasteiger partial charge in [0.15, 0.2) is 0 Å². The summed E-state index contributed by atoms with van der Waals surface area (Å²) in [6.45, 7) is 2.50. The number of nitrogens with one attached hydrogen (secondary N) is 2. The number of hydrogen-bond acceptors (Lipinski definition) is 4. The molecule has 1 aliphatic rings. The summed E-state index contributed by atoms with van der Waals surface area (Å²) in [5.41, 5.74) is 0.885. The van der Waals surface area contributed by atoms with E-state index >= 15 is 0 Å². The molecule has 0 spiro atoms. The number of benzene rings is 2. The van der Waals surface area contributed by atoms with Crippen LogP contribution >= 0.6 is 0 Å². The summed E-state index contributed by atoms with van der Waals surface area (Å²) in [6.07, 6.45) is 2.64. The molecule has 27 heavy (non-hydrogen) atoms. The third-order valence-electron chi connectivity index (χ3n) is 5.02. The minimum Gasteiger partial charge on any atom is -0.497 e. The molecular weight excluding hydrogens is 364 g/mol. The third kappa shape index (κ3) is 3.78. The summed E-state index contributed by atoms with van der Waals surface area (Å²) < 4.78 is 32.8. The van der Waals surface area contributed by atoms with Gasteiger partial charge in [-0.2, -0.15) is 0 Å². The molecule has 0 saturated heterocycles.